The second-order valence-electron chi connectivity index (χ2n) is 6.69. The van der Waals surface area contributed by atoms with Crippen LogP contribution in [0, 0.1) is 12.8 Å². The maximum Gasteiger partial charge on any atom is 0.305 e. The minimum atomic E-state index is -0.975. The van der Waals surface area contributed by atoms with Gasteiger partial charge in [0.2, 0.25) is 5.91 Å². The number of aryl methyl sites for hydroxylation is 1. The number of rotatable bonds is 8. The van der Waals surface area contributed by atoms with E-state index in [2.05, 4.69) is 18.3 Å². The molecule has 0 radical (unpaired) electrons. The third kappa shape index (κ3) is 4.24. The fourth-order valence-electron chi connectivity index (χ4n) is 3.31. The van der Waals surface area contributed by atoms with Gasteiger partial charge in [0.25, 0.3) is 0 Å². The van der Waals surface area contributed by atoms with Gasteiger partial charge in [-0.1, -0.05) is 6.07 Å². The molecule has 1 amide bonds. The van der Waals surface area contributed by atoms with Gasteiger partial charge in [0.05, 0.1) is 26.7 Å². The Morgan fingerprint density at radius 3 is 2.59 bits per heavy atom. The van der Waals surface area contributed by atoms with Gasteiger partial charge in [-0.3, -0.25) is 9.59 Å². The van der Waals surface area contributed by atoms with Gasteiger partial charge in [0.15, 0.2) is 11.5 Å². The molecule has 1 aliphatic carbocycles. The van der Waals surface area contributed by atoms with Crippen LogP contribution < -0.4 is 14.8 Å². The van der Waals surface area contributed by atoms with Crippen LogP contribution in [0.15, 0.2) is 29.6 Å². The van der Waals surface area contributed by atoms with Crippen molar-refractivity contribution in [3.8, 4) is 11.5 Å². The number of amides is 1. The van der Waals surface area contributed by atoms with E-state index in [0.29, 0.717) is 17.1 Å². The average molecular weight is 389 g/mol. The molecule has 2 N–H and O–H groups in total. The predicted octanol–water partition coefficient (Wildman–Crippen LogP) is 3.51. The van der Waals surface area contributed by atoms with Crippen LogP contribution in [-0.2, 0) is 9.59 Å². The summed E-state index contributed by atoms with van der Waals surface area (Å²) in [6.07, 6.45) is 0.607. The highest BCUT2D eigenvalue weighted by molar-refractivity contribution is 7.10. The third-order valence-corrected chi connectivity index (χ3v) is 6.02. The number of ether oxygens (including phenoxy) is 2. The van der Waals surface area contributed by atoms with Crippen molar-refractivity contribution in [3.63, 3.8) is 0 Å². The van der Waals surface area contributed by atoms with E-state index in [-0.39, 0.29) is 24.2 Å². The van der Waals surface area contributed by atoms with Crippen LogP contribution in [0.25, 0.3) is 0 Å². The lowest BCUT2D eigenvalue weighted by atomic mass is 10.0. The lowest BCUT2D eigenvalue weighted by molar-refractivity contribution is -0.137. The van der Waals surface area contributed by atoms with Gasteiger partial charge in [-0.2, -0.15) is 0 Å². The smallest absolute Gasteiger partial charge is 0.305 e. The summed E-state index contributed by atoms with van der Waals surface area (Å²) in [6.45, 7) is 2.05. The predicted molar refractivity (Wildman–Crippen MR) is 103 cm³/mol. The average Bonchev–Trinajstić information content (AvgIpc) is 3.33. The molecule has 1 heterocycles. The summed E-state index contributed by atoms with van der Waals surface area (Å²) >= 11 is 1.67. The largest absolute Gasteiger partial charge is 0.493 e. The Balaban J connectivity index is 1.75. The van der Waals surface area contributed by atoms with Crippen molar-refractivity contribution in [2.24, 2.45) is 5.92 Å². The summed E-state index contributed by atoms with van der Waals surface area (Å²) in [7, 11) is 3.05. The van der Waals surface area contributed by atoms with Crippen LogP contribution in [0.2, 0.25) is 0 Å². The molecule has 0 bridgehead atoms. The first kappa shape index (κ1) is 19.2. The van der Waals surface area contributed by atoms with Gasteiger partial charge in [-0.25, -0.2) is 0 Å². The van der Waals surface area contributed by atoms with Crippen molar-refractivity contribution in [1.29, 1.82) is 0 Å². The summed E-state index contributed by atoms with van der Waals surface area (Å²) in [5, 5.41) is 14.2. The molecule has 1 aromatic heterocycles. The first-order chi connectivity index (χ1) is 12.9. The molecule has 6 nitrogen and oxygen atoms in total. The molecule has 3 rings (SSSR count). The second kappa shape index (κ2) is 8.00. The number of hydrogen-bond donors (Lipinski definition) is 2. The summed E-state index contributed by atoms with van der Waals surface area (Å²) in [5.41, 5.74) is 1.88. The fraction of sp³-hybridized carbons (Fsp3) is 0.400. The van der Waals surface area contributed by atoms with Crippen LogP contribution in [0.1, 0.15) is 40.8 Å². The summed E-state index contributed by atoms with van der Waals surface area (Å²) in [6, 6.07) is 6.61. The molecule has 2 aromatic rings. The Hall–Kier alpha value is -2.54. The molecule has 1 fully saturated rings. The lowest BCUT2D eigenvalue weighted by Crippen LogP contribution is -2.31. The number of nitrogens with one attached hydrogen (secondary N) is 1. The fourth-order valence-corrected chi connectivity index (χ4v) is 4.42. The van der Waals surface area contributed by atoms with Crippen LogP contribution in [0.4, 0.5) is 0 Å². The molecule has 0 spiro atoms. The van der Waals surface area contributed by atoms with E-state index in [1.165, 1.54) is 24.7 Å². The number of carbonyl (C=O) groups is 2. The van der Waals surface area contributed by atoms with Crippen LogP contribution in [-0.4, -0.2) is 31.2 Å². The van der Waals surface area contributed by atoms with Gasteiger partial charge in [-0.15, -0.1) is 11.3 Å². The molecule has 3 atom stereocenters. The molecule has 144 valence electrons. The van der Waals surface area contributed by atoms with Crippen LogP contribution in [0.5, 0.6) is 11.5 Å². The Morgan fingerprint density at radius 2 is 2.00 bits per heavy atom. The molecule has 0 saturated heterocycles. The van der Waals surface area contributed by atoms with Gasteiger partial charge < -0.3 is 19.9 Å². The van der Waals surface area contributed by atoms with E-state index < -0.39 is 12.0 Å². The topological polar surface area (TPSA) is 84.9 Å². The number of aliphatic carboxylic acids is 1. The van der Waals surface area contributed by atoms with Crippen molar-refractivity contribution >= 4 is 23.2 Å². The number of benzene rings is 1. The van der Waals surface area contributed by atoms with Gasteiger partial charge >= 0.3 is 5.97 Å². The molecular weight excluding hydrogens is 366 g/mol. The maximum atomic E-state index is 12.7. The minimum absolute atomic E-state index is 0.0983. The first-order valence-corrected chi connectivity index (χ1v) is 9.60. The lowest BCUT2D eigenvalue weighted by Gasteiger charge is -2.19. The third-order valence-electron chi connectivity index (χ3n) is 4.87. The molecule has 1 aromatic carbocycles. The second-order valence-corrected chi connectivity index (χ2v) is 7.64. The van der Waals surface area contributed by atoms with E-state index >= 15 is 0 Å². The Bertz CT molecular complexity index is 847. The van der Waals surface area contributed by atoms with E-state index in [1.54, 1.807) is 29.5 Å². The molecule has 27 heavy (non-hydrogen) atoms. The van der Waals surface area contributed by atoms with Crippen LogP contribution in [0.3, 0.4) is 0 Å². The standard InChI is InChI=1S/C20H23NO5S/c1-11-6-7-27-19(11)13-9-14(13)20(24)21-15(10-18(22)23)12-4-5-16(25-2)17(8-12)26-3/h4-8,13-15H,9-10H2,1-3H3,(H,21,24)(H,22,23). The van der Waals surface area contributed by atoms with Crippen molar-refractivity contribution in [1.82, 2.24) is 5.32 Å². The summed E-state index contributed by atoms with van der Waals surface area (Å²) in [4.78, 5) is 25.3. The number of thiophene rings is 1. The van der Waals surface area contributed by atoms with E-state index in [1.807, 2.05) is 5.38 Å². The van der Waals surface area contributed by atoms with Crippen LogP contribution >= 0.6 is 11.3 Å². The van der Waals surface area contributed by atoms with E-state index in [4.69, 9.17) is 9.47 Å². The number of carboxylic acids is 1. The number of methoxy groups -OCH3 is 2. The SMILES string of the molecule is COc1ccc(C(CC(=O)O)NC(=O)C2CC2c2sccc2C)cc1OC. The zero-order valence-electron chi connectivity index (χ0n) is 15.5. The quantitative estimate of drug-likeness (QED) is 0.722. The van der Waals surface area contributed by atoms with E-state index in [0.717, 1.165) is 6.42 Å². The zero-order valence-corrected chi connectivity index (χ0v) is 16.3. The summed E-state index contributed by atoms with van der Waals surface area (Å²) < 4.78 is 10.5. The van der Waals surface area contributed by atoms with Crippen molar-refractivity contribution in [2.45, 2.75) is 31.7 Å². The number of hydrogen-bond acceptors (Lipinski definition) is 5. The number of carboxylic acid groups (broad SMARTS) is 1. The normalized spacial score (nSPS) is 19.2. The Labute approximate surface area is 162 Å². The highest BCUT2D eigenvalue weighted by Crippen LogP contribution is 2.50. The Kier molecular flexibility index (Phi) is 5.70. The van der Waals surface area contributed by atoms with Gasteiger partial charge in [0, 0.05) is 16.7 Å². The highest BCUT2D eigenvalue weighted by Gasteiger charge is 2.45. The number of carbonyl (C=O) groups excluding carboxylic acids is 1. The van der Waals surface area contributed by atoms with Crippen molar-refractivity contribution in [3.05, 3.63) is 45.6 Å². The van der Waals surface area contributed by atoms with Gasteiger partial charge in [-0.05, 0) is 48.1 Å². The maximum absolute atomic E-state index is 12.7. The molecule has 0 aliphatic heterocycles. The zero-order chi connectivity index (χ0) is 19.6. The molecule has 3 unspecified atom stereocenters. The Morgan fingerprint density at radius 1 is 1.26 bits per heavy atom. The monoisotopic (exact) mass is 389 g/mol. The van der Waals surface area contributed by atoms with Gasteiger partial charge in [0.1, 0.15) is 0 Å². The molecule has 1 saturated carbocycles. The summed E-state index contributed by atoms with van der Waals surface area (Å²) in [5.74, 6) is 0.111. The molecular formula is C20H23NO5S. The highest BCUT2D eigenvalue weighted by atomic mass is 32.1. The first-order valence-electron chi connectivity index (χ1n) is 8.72. The van der Waals surface area contributed by atoms with Crippen molar-refractivity contribution in [2.75, 3.05) is 14.2 Å². The molecule has 1 aliphatic rings. The minimum Gasteiger partial charge on any atom is -0.493 e. The van der Waals surface area contributed by atoms with Crippen molar-refractivity contribution < 1.29 is 24.2 Å². The van der Waals surface area contributed by atoms with E-state index in [9.17, 15) is 14.7 Å². The molecule has 7 heteroatoms.